The van der Waals surface area contributed by atoms with Crippen LogP contribution in [-0.4, -0.2) is 24.1 Å². The van der Waals surface area contributed by atoms with E-state index in [1.807, 2.05) is 40.1 Å². The van der Waals surface area contributed by atoms with Crippen molar-refractivity contribution in [2.75, 3.05) is 14.1 Å². The van der Waals surface area contributed by atoms with Crippen molar-refractivity contribution in [3.63, 3.8) is 0 Å². The Labute approximate surface area is 80.8 Å². The van der Waals surface area contributed by atoms with E-state index in [1.165, 1.54) is 0 Å². The summed E-state index contributed by atoms with van der Waals surface area (Å²) in [5.74, 6) is 0.337. The molecule has 0 aliphatic rings. The SMILES string of the molecule is CC.CN(C)Cc1cccc(O)c1. The number of hydrogen-bond acceptors (Lipinski definition) is 2. The standard InChI is InChI=1S/C9H13NO.C2H6/c1-10(2)7-8-4-3-5-9(11)6-8;1-2/h3-6,11H,7H2,1-2H3;1-2H3. The van der Waals surface area contributed by atoms with Gasteiger partial charge in [-0.1, -0.05) is 26.0 Å². The Hall–Kier alpha value is -1.02. The molecule has 0 aromatic heterocycles. The van der Waals surface area contributed by atoms with Gasteiger partial charge in [-0.2, -0.15) is 0 Å². The second-order valence-electron chi connectivity index (χ2n) is 2.91. The summed E-state index contributed by atoms with van der Waals surface area (Å²) >= 11 is 0. The molecule has 1 rings (SSSR count). The van der Waals surface area contributed by atoms with Gasteiger partial charge in [0.1, 0.15) is 5.75 Å². The van der Waals surface area contributed by atoms with Crippen molar-refractivity contribution in [1.82, 2.24) is 4.90 Å². The molecule has 0 saturated heterocycles. The molecule has 0 aliphatic heterocycles. The lowest BCUT2D eigenvalue weighted by Crippen LogP contribution is -2.10. The van der Waals surface area contributed by atoms with E-state index in [9.17, 15) is 0 Å². The van der Waals surface area contributed by atoms with Gasteiger partial charge in [0.15, 0.2) is 0 Å². The van der Waals surface area contributed by atoms with Crippen molar-refractivity contribution >= 4 is 0 Å². The van der Waals surface area contributed by atoms with E-state index >= 15 is 0 Å². The van der Waals surface area contributed by atoms with Crippen molar-refractivity contribution in [3.05, 3.63) is 29.8 Å². The molecule has 1 N–H and O–H groups in total. The van der Waals surface area contributed by atoms with Crippen LogP contribution in [0, 0.1) is 0 Å². The second-order valence-corrected chi connectivity index (χ2v) is 2.91. The van der Waals surface area contributed by atoms with Crippen molar-refractivity contribution in [2.24, 2.45) is 0 Å². The number of rotatable bonds is 2. The molecule has 0 bridgehead atoms. The van der Waals surface area contributed by atoms with Gasteiger partial charge in [-0.3, -0.25) is 0 Å². The highest BCUT2D eigenvalue weighted by Gasteiger charge is 1.94. The minimum atomic E-state index is 0.337. The van der Waals surface area contributed by atoms with E-state index in [1.54, 1.807) is 12.1 Å². The predicted molar refractivity (Wildman–Crippen MR) is 56.8 cm³/mol. The first-order valence-corrected chi connectivity index (χ1v) is 4.61. The first kappa shape index (κ1) is 12.0. The molecule has 0 spiro atoms. The number of phenolic OH excluding ortho intramolecular Hbond substituents is 1. The number of nitrogens with zero attached hydrogens (tertiary/aromatic N) is 1. The highest BCUT2D eigenvalue weighted by atomic mass is 16.3. The molecule has 74 valence electrons. The van der Waals surface area contributed by atoms with Gasteiger partial charge in [0.05, 0.1) is 0 Å². The van der Waals surface area contributed by atoms with E-state index in [0.29, 0.717) is 5.75 Å². The number of hydrogen-bond donors (Lipinski definition) is 1. The Morgan fingerprint density at radius 1 is 1.23 bits per heavy atom. The van der Waals surface area contributed by atoms with Crippen LogP contribution in [0.15, 0.2) is 24.3 Å². The molecule has 0 amide bonds. The lowest BCUT2D eigenvalue weighted by atomic mass is 10.2. The molecular formula is C11H19NO. The van der Waals surface area contributed by atoms with E-state index in [2.05, 4.69) is 4.90 Å². The van der Waals surface area contributed by atoms with Crippen molar-refractivity contribution in [3.8, 4) is 5.75 Å². The summed E-state index contributed by atoms with van der Waals surface area (Å²) in [6.45, 7) is 4.87. The summed E-state index contributed by atoms with van der Waals surface area (Å²) in [7, 11) is 4.01. The summed E-state index contributed by atoms with van der Waals surface area (Å²) in [5.41, 5.74) is 1.13. The first-order valence-electron chi connectivity index (χ1n) is 4.61. The van der Waals surface area contributed by atoms with Gasteiger partial charge in [-0.05, 0) is 31.8 Å². The minimum absolute atomic E-state index is 0.337. The van der Waals surface area contributed by atoms with Crippen LogP contribution in [0.2, 0.25) is 0 Å². The normalized spacial score (nSPS) is 9.31. The molecule has 0 heterocycles. The first-order chi connectivity index (χ1) is 6.18. The zero-order valence-corrected chi connectivity index (χ0v) is 8.91. The molecule has 0 fully saturated rings. The zero-order chi connectivity index (χ0) is 10.3. The lowest BCUT2D eigenvalue weighted by molar-refractivity contribution is 0.400. The third kappa shape index (κ3) is 5.26. The Kier molecular flexibility index (Phi) is 5.98. The van der Waals surface area contributed by atoms with E-state index < -0.39 is 0 Å². The Morgan fingerprint density at radius 2 is 1.85 bits per heavy atom. The third-order valence-corrected chi connectivity index (χ3v) is 1.41. The van der Waals surface area contributed by atoms with Crippen LogP contribution >= 0.6 is 0 Å². The van der Waals surface area contributed by atoms with Gasteiger partial charge in [-0.25, -0.2) is 0 Å². The van der Waals surface area contributed by atoms with Gasteiger partial charge < -0.3 is 10.0 Å². The van der Waals surface area contributed by atoms with Crippen molar-refractivity contribution in [2.45, 2.75) is 20.4 Å². The van der Waals surface area contributed by atoms with Crippen molar-refractivity contribution in [1.29, 1.82) is 0 Å². The van der Waals surface area contributed by atoms with Gasteiger partial charge in [0.25, 0.3) is 0 Å². The third-order valence-electron chi connectivity index (χ3n) is 1.41. The molecule has 0 atom stereocenters. The fourth-order valence-corrected chi connectivity index (χ4v) is 1.02. The van der Waals surface area contributed by atoms with Gasteiger partial charge in [0.2, 0.25) is 0 Å². The van der Waals surface area contributed by atoms with Gasteiger partial charge in [-0.15, -0.1) is 0 Å². The fourth-order valence-electron chi connectivity index (χ4n) is 1.02. The van der Waals surface area contributed by atoms with Gasteiger partial charge >= 0.3 is 0 Å². The van der Waals surface area contributed by atoms with Crippen LogP contribution in [-0.2, 0) is 6.54 Å². The zero-order valence-electron chi connectivity index (χ0n) is 8.91. The van der Waals surface area contributed by atoms with Crippen molar-refractivity contribution < 1.29 is 5.11 Å². The maximum atomic E-state index is 9.11. The average molecular weight is 181 g/mol. The van der Waals surface area contributed by atoms with Crippen LogP contribution < -0.4 is 0 Å². The molecule has 0 radical (unpaired) electrons. The fraction of sp³-hybridized carbons (Fsp3) is 0.455. The number of aromatic hydroxyl groups is 1. The number of benzene rings is 1. The van der Waals surface area contributed by atoms with Crippen LogP contribution in [0.3, 0.4) is 0 Å². The summed E-state index contributed by atoms with van der Waals surface area (Å²) in [4.78, 5) is 2.06. The molecule has 2 heteroatoms. The maximum absolute atomic E-state index is 9.11. The largest absolute Gasteiger partial charge is 0.508 e. The number of phenols is 1. The molecule has 0 aliphatic carbocycles. The molecule has 1 aromatic rings. The predicted octanol–water partition coefficient (Wildman–Crippen LogP) is 2.48. The molecule has 2 nitrogen and oxygen atoms in total. The highest BCUT2D eigenvalue weighted by Crippen LogP contribution is 2.11. The highest BCUT2D eigenvalue weighted by molar-refractivity contribution is 5.26. The molecule has 1 aromatic carbocycles. The quantitative estimate of drug-likeness (QED) is 0.757. The van der Waals surface area contributed by atoms with Crippen LogP contribution in [0.25, 0.3) is 0 Å². The van der Waals surface area contributed by atoms with E-state index in [4.69, 9.17) is 5.11 Å². The summed E-state index contributed by atoms with van der Waals surface area (Å²) < 4.78 is 0. The molecule has 13 heavy (non-hydrogen) atoms. The molecule has 0 unspecified atom stereocenters. The molecule has 0 saturated carbocycles. The Balaban J connectivity index is 0.000000671. The topological polar surface area (TPSA) is 23.5 Å². The lowest BCUT2D eigenvalue weighted by Gasteiger charge is -2.08. The molecular weight excluding hydrogens is 162 g/mol. The van der Waals surface area contributed by atoms with Crippen LogP contribution in [0.4, 0.5) is 0 Å². The maximum Gasteiger partial charge on any atom is 0.115 e. The van der Waals surface area contributed by atoms with Crippen LogP contribution in [0.5, 0.6) is 5.75 Å². The smallest absolute Gasteiger partial charge is 0.115 e. The summed E-state index contributed by atoms with van der Waals surface area (Å²) in [6, 6.07) is 7.31. The van der Waals surface area contributed by atoms with E-state index in [-0.39, 0.29) is 0 Å². The summed E-state index contributed by atoms with van der Waals surface area (Å²) in [6.07, 6.45) is 0. The summed E-state index contributed by atoms with van der Waals surface area (Å²) in [5, 5.41) is 9.11. The Bertz CT molecular complexity index is 233. The second kappa shape index (κ2) is 6.49. The minimum Gasteiger partial charge on any atom is -0.508 e. The van der Waals surface area contributed by atoms with Crippen LogP contribution in [0.1, 0.15) is 19.4 Å². The van der Waals surface area contributed by atoms with Gasteiger partial charge in [0, 0.05) is 6.54 Å². The average Bonchev–Trinajstić information content (AvgIpc) is 2.06. The van der Waals surface area contributed by atoms with E-state index in [0.717, 1.165) is 12.1 Å². The Morgan fingerprint density at radius 3 is 2.31 bits per heavy atom. The monoisotopic (exact) mass is 181 g/mol.